The lowest BCUT2D eigenvalue weighted by Crippen LogP contribution is -2.16. The van der Waals surface area contributed by atoms with Crippen molar-refractivity contribution >= 4 is 38.3 Å². The van der Waals surface area contributed by atoms with Gasteiger partial charge >= 0.3 is 0 Å². The third-order valence-corrected chi connectivity index (χ3v) is 6.58. The van der Waals surface area contributed by atoms with Crippen LogP contribution in [0.4, 0.5) is 11.4 Å². The number of ether oxygens (including phenoxy) is 1. The van der Waals surface area contributed by atoms with Gasteiger partial charge in [-0.05, 0) is 60.7 Å². The van der Waals surface area contributed by atoms with Crippen LogP contribution in [0.25, 0.3) is 11.0 Å². The van der Waals surface area contributed by atoms with E-state index in [1.165, 1.54) is 25.3 Å². The van der Waals surface area contributed by atoms with Crippen LogP contribution in [0.15, 0.2) is 71.6 Å². The minimum absolute atomic E-state index is 0.0187. The number of H-pyrrole nitrogens is 1. The van der Waals surface area contributed by atoms with E-state index < -0.39 is 15.9 Å². The zero-order valence-corrected chi connectivity index (χ0v) is 20.2. The standard InChI is InChI=1S/C25H26N4O4S/c1-25(2,3)24-27-21-13-10-18(15-22(21)28-24)26-23(30)16-6-5-7-20(14-16)34(31,32)29-17-8-11-19(33-4)12-9-17/h5-15,29H,1-4H3,(H,26,30)(H,27,28). The molecule has 8 nitrogen and oxygen atoms in total. The van der Waals surface area contributed by atoms with Gasteiger partial charge in [0, 0.05) is 22.4 Å². The van der Waals surface area contributed by atoms with Gasteiger partial charge in [0.25, 0.3) is 15.9 Å². The molecular formula is C25H26N4O4S. The normalized spacial score (nSPS) is 11.9. The fourth-order valence-corrected chi connectivity index (χ4v) is 4.43. The van der Waals surface area contributed by atoms with Crippen molar-refractivity contribution in [3.05, 3.63) is 78.1 Å². The third kappa shape index (κ3) is 5.04. The number of anilines is 2. The number of nitrogens with zero attached hydrogens (tertiary/aromatic N) is 1. The summed E-state index contributed by atoms with van der Waals surface area (Å²) >= 11 is 0. The van der Waals surface area contributed by atoms with E-state index in [1.54, 1.807) is 42.5 Å². The molecule has 3 N–H and O–H groups in total. The molecule has 176 valence electrons. The second-order valence-electron chi connectivity index (χ2n) is 8.88. The number of aromatic amines is 1. The average Bonchev–Trinajstić information content (AvgIpc) is 3.24. The molecule has 4 aromatic rings. The Morgan fingerprint density at radius 3 is 2.35 bits per heavy atom. The smallest absolute Gasteiger partial charge is 0.261 e. The summed E-state index contributed by atoms with van der Waals surface area (Å²) in [6, 6.07) is 17.8. The van der Waals surface area contributed by atoms with Gasteiger partial charge in [-0.15, -0.1) is 0 Å². The van der Waals surface area contributed by atoms with Crippen LogP contribution >= 0.6 is 0 Å². The van der Waals surface area contributed by atoms with Crippen molar-refractivity contribution in [2.75, 3.05) is 17.1 Å². The number of fused-ring (bicyclic) bond motifs is 1. The topological polar surface area (TPSA) is 113 Å². The van der Waals surface area contributed by atoms with Crippen LogP contribution in [0.2, 0.25) is 0 Å². The van der Waals surface area contributed by atoms with E-state index in [9.17, 15) is 13.2 Å². The van der Waals surface area contributed by atoms with Gasteiger partial charge in [-0.25, -0.2) is 13.4 Å². The van der Waals surface area contributed by atoms with Crippen molar-refractivity contribution < 1.29 is 17.9 Å². The first-order chi connectivity index (χ1) is 16.0. The molecule has 0 spiro atoms. The van der Waals surface area contributed by atoms with Crippen molar-refractivity contribution in [1.29, 1.82) is 0 Å². The second-order valence-corrected chi connectivity index (χ2v) is 10.6. The maximum Gasteiger partial charge on any atom is 0.261 e. The monoisotopic (exact) mass is 478 g/mol. The molecule has 4 rings (SSSR count). The minimum atomic E-state index is -3.89. The Balaban J connectivity index is 1.53. The first-order valence-electron chi connectivity index (χ1n) is 10.6. The Labute approximate surface area is 198 Å². The summed E-state index contributed by atoms with van der Waals surface area (Å²) in [7, 11) is -2.35. The number of nitrogens with one attached hydrogen (secondary N) is 3. The van der Waals surface area contributed by atoms with Gasteiger partial charge in [-0.2, -0.15) is 0 Å². The van der Waals surface area contributed by atoms with E-state index in [0.717, 1.165) is 16.9 Å². The molecule has 0 saturated heterocycles. The van der Waals surface area contributed by atoms with E-state index in [4.69, 9.17) is 4.74 Å². The predicted octanol–water partition coefficient (Wildman–Crippen LogP) is 4.92. The molecule has 34 heavy (non-hydrogen) atoms. The lowest BCUT2D eigenvalue weighted by molar-refractivity contribution is 0.102. The summed E-state index contributed by atoms with van der Waals surface area (Å²) < 4.78 is 33.3. The molecule has 0 saturated carbocycles. The summed E-state index contributed by atoms with van der Waals surface area (Å²) in [5.74, 6) is 1.05. The van der Waals surface area contributed by atoms with Gasteiger partial charge in [-0.3, -0.25) is 9.52 Å². The van der Waals surface area contributed by atoms with E-state index >= 15 is 0 Å². The lowest BCUT2D eigenvalue weighted by atomic mass is 9.96. The number of sulfonamides is 1. The zero-order valence-electron chi connectivity index (χ0n) is 19.3. The van der Waals surface area contributed by atoms with Crippen molar-refractivity contribution in [2.45, 2.75) is 31.1 Å². The molecule has 9 heteroatoms. The number of amides is 1. The van der Waals surface area contributed by atoms with Crippen LogP contribution in [0.1, 0.15) is 37.0 Å². The molecule has 0 fully saturated rings. The molecule has 3 aromatic carbocycles. The first-order valence-corrected chi connectivity index (χ1v) is 12.1. The Hall–Kier alpha value is -3.85. The Kier molecular flexibility index (Phi) is 6.05. The maximum absolute atomic E-state index is 12.9. The van der Waals surface area contributed by atoms with Crippen LogP contribution in [-0.2, 0) is 15.4 Å². The van der Waals surface area contributed by atoms with Gasteiger partial charge in [0.2, 0.25) is 0 Å². The van der Waals surface area contributed by atoms with Crippen molar-refractivity contribution in [2.24, 2.45) is 0 Å². The molecule has 0 radical (unpaired) electrons. The molecule has 0 unspecified atom stereocenters. The number of hydrogen-bond donors (Lipinski definition) is 3. The zero-order chi connectivity index (χ0) is 24.5. The van der Waals surface area contributed by atoms with E-state index in [-0.39, 0.29) is 15.9 Å². The maximum atomic E-state index is 12.9. The predicted molar refractivity (Wildman–Crippen MR) is 133 cm³/mol. The number of carbonyl (C=O) groups is 1. The second kappa shape index (κ2) is 8.83. The van der Waals surface area contributed by atoms with E-state index in [2.05, 4.69) is 40.8 Å². The number of aromatic nitrogens is 2. The number of imidazole rings is 1. The number of methoxy groups -OCH3 is 1. The summed E-state index contributed by atoms with van der Waals surface area (Å²) in [4.78, 5) is 20.7. The molecule has 0 aliphatic heterocycles. The SMILES string of the molecule is COc1ccc(NS(=O)(=O)c2cccc(C(=O)Nc3ccc4nc(C(C)(C)C)[nH]c4c3)c2)cc1. The van der Waals surface area contributed by atoms with Crippen molar-refractivity contribution in [3.63, 3.8) is 0 Å². The fourth-order valence-electron chi connectivity index (χ4n) is 3.32. The van der Waals surface area contributed by atoms with Crippen molar-refractivity contribution in [1.82, 2.24) is 9.97 Å². The van der Waals surface area contributed by atoms with Crippen LogP contribution < -0.4 is 14.8 Å². The molecule has 0 atom stereocenters. The van der Waals surface area contributed by atoms with E-state index in [1.807, 2.05) is 6.07 Å². The highest BCUT2D eigenvalue weighted by atomic mass is 32.2. The van der Waals surface area contributed by atoms with Gasteiger partial charge < -0.3 is 15.0 Å². The number of hydrogen-bond acceptors (Lipinski definition) is 5. The minimum Gasteiger partial charge on any atom is -0.497 e. The quantitative estimate of drug-likeness (QED) is 0.364. The fraction of sp³-hybridized carbons (Fsp3) is 0.200. The number of rotatable bonds is 6. The van der Waals surface area contributed by atoms with Gasteiger partial charge in [0.15, 0.2) is 0 Å². The van der Waals surface area contributed by atoms with E-state index in [0.29, 0.717) is 17.1 Å². The highest BCUT2D eigenvalue weighted by Crippen LogP contribution is 2.25. The van der Waals surface area contributed by atoms with Crippen LogP contribution in [0.5, 0.6) is 5.75 Å². The van der Waals surface area contributed by atoms with Crippen LogP contribution in [0, 0.1) is 0 Å². The average molecular weight is 479 g/mol. The van der Waals surface area contributed by atoms with Gasteiger partial charge in [0.1, 0.15) is 11.6 Å². The molecule has 1 amide bonds. The highest BCUT2D eigenvalue weighted by molar-refractivity contribution is 7.92. The van der Waals surface area contributed by atoms with Crippen LogP contribution in [0.3, 0.4) is 0 Å². The molecule has 0 bridgehead atoms. The first kappa shape index (κ1) is 23.3. The highest BCUT2D eigenvalue weighted by Gasteiger charge is 2.19. The van der Waals surface area contributed by atoms with Gasteiger partial charge in [-0.1, -0.05) is 26.8 Å². The Morgan fingerprint density at radius 1 is 0.971 bits per heavy atom. The number of benzene rings is 3. The molecule has 0 aliphatic carbocycles. The summed E-state index contributed by atoms with van der Waals surface area (Å²) in [5.41, 5.74) is 2.67. The van der Waals surface area contributed by atoms with Crippen molar-refractivity contribution in [3.8, 4) is 5.75 Å². The Bertz CT molecular complexity index is 1450. The molecule has 1 heterocycles. The lowest BCUT2D eigenvalue weighted by Gasteiger charge is -2.13. The Morgan fingerprint density at radius 2 is 1.68 bits per heavy atom. The largest absolute Gasteiger partial charge is 0.497 e. The molecular weight excluding hydrogens is 452 g/mol. The summed E-state index contributed by atoms with van der Waals surface area (Å²) in [6.45, 7) is 6.20. The summed E-state index contributed by atoms with van der Waals surface area (Å²) in [6.07, 6.45) is 0. The molecule has 0 aliphatic rings. The van der Waals surface area contributed by atoms with Crippen LogP contribution in [-0.4, -0.2) is 31.4 Å². The van der Waals surface area contributed by atoms with Gasteiger partial charge in [0.05, 0.1) is 23.0 Å². The summed E-state index contributed by atoms with van der Waals surface area (Å²) in [5, 5.41) is 2.82. The number of carbonyl (C=O) groups excluding carboxylic acids is 1. The molecule has 1 aromatic heterocycles. The third-order valence-electron chi connectivity index (χ3n) is 5.20.